The Morgan fingerprint density at radius 3 is 2.67 bits per heavy atom. The van der Waals surface area contributed by atoms with Crippen LogP contribution >= 0.6 is 0 Å². The van der Waals surface area contributed by atoms with Gasteiger partial charge in [0.15, 0.2) is 11.6 Å². The molecule has 94 valence electrons. The highest BCUT2D eigenvalue weighted by molar-refractivity contribution is 5.50. The minimum atomic E-state index is 0.302. The van der Waals surface area contributed by atoms with Crippen LogP contribution < -0.4 is 10.1 Å². The molecule has 1 aromatic heterocycles. The Bertz CT molecular complexity index is 485. The molecule has 0 saturated heterocycles. The van der Waals surface area contributed by atoms with Crippen LogP contribution in [0.5, 0.6) is 5.75 Å². The molecule has 1 atom stereocenters. The Kier molecular flexibility index (Phi) is 4.18. The van der Waals surface area contributed by atoms with Gasteiger partial charge in [-0.3, -0.25) is 0 Å². The highest BCUT2D eigenvalue weighted by atomic mass is 16.5. The number of hydrogen-bond acceptors (Lipinski definition) is 3. The second-order valence-electron chi connectivity index (χ2n) is 4.29. The zero-order valence-corrected chi connectivity index (χ0v) is 10.8. The molecule has 1 heterocycles. The highest BCUT2D eigenvalue weighted by Gasteiger charge is 2.08. The van der Waals surface area contributed by atoms with Crippen LogP contribution in [0.15, 0.2) is 48.7 Å². The van der Waals surface area contributed by atoms with Gasteiger partial charge in [-0.05, 0) is 31.0 Å². The lowest BCUT2D eigenvalue weighted by Gasteiger charge is -2.16. The van der Waals surface area contributed by atoms with Crippen molar-refractivity contribution >= 4 is 5.82 Å². The van der Waals surface area contributed by atoms with Crippen LogP contribution in [-0.4, -0.2) is 18.1 Å². The summed E-state index contributed by atoms with van der Waals surface area (Å²) < 4.78 is 5.27. The van der Waals surface area contributed by atoms with E-state index >= 15 is 0 Å². The number of hydrogen-bond donors (Lipinski definition) is 1. The van der Waals surface area contributed by atoms with Gasteiger partial charge in [-0.1, -0.05) is 30.3 Å². The van der Waals surface area contributed by atoms with Crippen molar-refractivity contribution < 1.29 is 4.74 Å². The number of benzene rings is 1. The number of ether oxygens (including phenoxy) is 1. The molecule has 0 bridgehead atoms. The lowest BCUT2D eigenvalue weighted by Crippen LogP contribution is -2.19. The Morgan fingerprint density at radius 1 is 1.17 bits per heavy atom. The molecule has 0 saturated carbocycles. The van der Waals surface area contributed by atoms with Crippen molar-refractivity contribution in [1.29, 1.82) is 0 Å². The first-order valence-electron chi connectivity index (χ1n) is 6.09. The summed E-state index contributed by atoms with van der Waals surface area (Å²) in [5, 5.41) is 3.37. The molecule has 2 rings (SSSR count). The van der Waals surface area contributed by atoms with Crippen molar-refractivity contribution in [2.24, 2.45) is 0 Å². The van der Waals surface area contributed by atoms with E-state index in [0.717, 1.165) is 18.0 Å². The number of methoxy groups -OCH3 is 1. The molecule has 1 unspecified atom stereocenters. The molecule has 3 nitrogen and oxygen atoms in total. The summed E-state index contributed by atoms with van der Waals surface area (Å²) in [6.45, 7) is 2.14. The zero-order valence-electron chi connectivity index (χ0n) is 10.8. The van der Waals surface area contributed by atoms with Crippen LogP contribution in [0.3, 0.4) is 0 Å². The molecule has 0 aliphatic rings. The zero-order chi connectivity index (χ0) is 12.8. The van der Waals surface area contributed by atoms with Gasteiger partial charge < -0.3 is 10.1 Å². The average molecular weight is 242 g/mol. The van der Waals surface area contributed by atoms with Crippen LogP contribution in [0, 0.1) is 0 Å². The van der Waals surface area contributed by atoms with Gasteiger partial charge in [-0.2, -0.15) is 0 Å². The summed E-state index contributed by atoms with van der Waals surface area (Å²) in [4.78, 5) is 4.30. The van der Waals surface area contributed by atoms with Gasteiger partial charge in [-0.15, -0.1) is 0 Å². The third-order valence-corrected chi connectivity index (χ3v) is 2.76. The van der Waals surface area contributed by atoms with Gasteiger partial charge in [-0.25, -0.2) is 4.98 Å². The number of aromatic nitrogens is 1. The maximum atomic E-state index is 5.27. The fourth-order valence-electron chi connectivity index (χ4n) is 1.92. The van der Waals surface area contributed by atoms with E-state index in [0.29, 0.717) is 6.04 Å². The summed E-state index contributed by atoms with van der Waals surface area (Å²) >= 11 is 0. The molecule has 1 N–H and O–H groups in total. The summed E-state index contributed by atoms with van der Waals surface area (Å²) in [5.74, 6) is 1.57. The van der Waals surface area contributed by atoms with Crippen molar-refractivity contribution in [1.82, 2.24) is 4.98 Å². The van der Waals surface area contributed by atoms with Crippen molar-refractivity contribution in [3.8, 4) is 5.75 Å². The average Bonchev–Trinajstić information content (AvgIpc) is 2.40. The molecular formula is C15H18N2O. The number of pyridine rings is 1. The monoisotopic (exact) mass is 242 g/mol. The molecule has 0 aliphatic carbocycles. The molecular weight excluding hydrogens is 224 g/mol. The minimum Gasteiger partial charge on any atom is -0.493 e. The summed E-state index contributed by atoms with van der Waals surface area (Å²) in [5.41, 5.74) is 1.31. The van der Waals surface area contributed by atoms with E-state index in [2.05, 4.69) is 41.5 Å². The molecule has 1 aromatic carbocycles. The van der Waals surface area contributed by atoms with Crippen LogP contribution in [-0.2, 0) is 6.42 Å². The van der Waals surface area contributed by atoms with Gasteiger partial charge >= 0.3 is 0 Å². The normalized spacial score (nSPS) is 11.9. The summed E-state index contributed by atoms with van der Waals surface area (Å²) in [6, 6.07) is 14.5. The standard InChI is InChI=1S/C15H18N2O/c1-12(11-13-7-4-3-5-8-13)17-15-14(18-2)9-6-10-16-15/h3-10,12H,11H2,1-2H3,(H,16,17). The lowest BCUT2D eigenvalue weighted by atomic mass is 10.1. The van der Waals surface area contributed by atoms with Crippen molar-refractivity contribution in [2.75, 3.05) is 12.4 Å². The largest absolute Gasteiger partial charge is 0.493 e. The third kappa shape index (κ3) is 3.23. The predicted octanol–water partition coefficient (Wildman–Crippen LogP) is 3.13. The summed E-state index contributed by atoms with van der Waals surface area (Å²) in [7, 11) is 1.66. The van der Waals surface area contributed by atoms with E-state index in [-0.39, 0.29) is 0 Å². The van der Waals surface area contributed by atoms with Crippen LogP contribution in [0.2, 0.25) is 0 Å². The van der Waals surface area contributed by atoms with Crippen LogP contribution in [0.25, 0.3) is 0 Å². The maximum absolute atomic E-state index is 5.27. The molecule has 0 fully saturated rings. The fraction of sp³-hybridized carbons (Fsp3) is 0.267. The van der Waals surface area contributed by atoms with E-state index in [9.17, 15) is 0 Å². The first kappa shape index (κ1) is 12.4. The second kappa shape index (κ2) is 6.05. The Hall–Kier alpha value is -2.03. The van der Waals surface area contributed by atoms with Gasteiger partial charge in [0, 0.05) is 12.2 Å². The third-order valence-electron chi connectivity index (χ3n) is 2.76. The maximum Gasteiger partial charge on any atom is 0.168 e. The highest BCUT2D eigenvalue weighted by Crippen LogP contribution is 2.21. The topological polar surface area (TPSA) is 34.1 Å². The molecule has 3 heteroatoms. The number of rotatable bonds is 5. The molecule has 0 amide bonds. The van der Waals surface area contributed by atoms with Crippen LogP contribution in [0.4, 0.5) is 5.82 Å². The smallest absolute Gasteiger partial charge is 0.168 e. The van der Waals surface area contributed by atoms with Crippen molar-refractivity contribution in [3.63, 3.8) is 0 Å². The lowest BCUT2D eigenvalue weighted by molar-refractivity contribution is 0.414. The van der Waals surface area contributed by atoms with Gasteiger partial charge in [0.1, 0.15) is 0 Å². The Balaban J connectivity index is 2.01. The Labute approximate surface area is 108 Å². The van der Waals surface area contributed by atoms with Crippen LogP contribution in [0.1, 0.15) is 12.5 Å². The van der Waals surface area contributed by atoms with Crippen molar-refractivity contribution in [2.45, 2.75) is 19.4 Å². The number of nitrogens with zero attached hydrogens (tertiary/aromatic N) is 1. The molecule has 18 heavy (non-hydrogen) atoms. The van der Waals surface area contributed by atoms with E-state index in [1.54, 1.807) is 13.3 Å². The summed E-state index contributed by atoms with van der Waals surface area (Å²) in [6.07, 6.45) is 2.72. The number of anilines is 1. The van der Waals surface area contributed by atoms with E-state index < -0.39 is 0 Å². The van der Waals surface area contributed by atoms with Gasteiger partial charge in [0.2, 0.25) is 0 Å². The second-order valence-corrected chi connectivity index (χ2v) is 4.29. The Morgan fingerprint density at radius 2 is 1.94 bits per heavy atom. The van der Waals surface area contributed by atoms with E-state index in [4.69, 9.17) is 4.74 Å². The minimum absolute atomic E-state index is 0.302. The predicted molar refractivity (Wildman–Crippen MR) is 74.0 cm³/mol. The van der Waals surface area contributed by atoms with Gasteiger partial charge in [0.05, 0.1) is 7.11 Å². The fourth-order valence-corrected chi connectivity index (χ4v) is 1.92. The number of nitrogens with one attached hydrogen (secondary N) is 1. The van der Waals surface area contributed by atoms with E-state index in [1.165, 1.54) is 5.56 Å². The molecule has 0 aliphatic heterocycles. The first-order chi connectivity index (χ1) is 8.79. The SMILES string of the molecule is COc1cccnc1NC(C)Cc1ccccc1. The quantitative estimate of drug-likeness (QED) is 0.874. The molecule has 0 radical (unpaired) electrons. The van der Waals surface area contributed by atoms with Crippen molar-refractivity contribution in [3.05, 3.63) is 54.2 Å². The first-order valence-corrected chi connectivity index (χ1v) is 6.09. The van der Waals surface area contributed by atoms with Gasteiger partial charge in [0.25, 0.3) is 0 Å². The molecule has 2 aromatic rings. The molecule has 0 spiro atoms. The van der Waals surface area contributed by atoms with E-state index in [1.807, 2.05) is 18.2 Å².